The Kier molecular flexibility index (Phi) is 8.93. The number of hydrogen-bond donors (Lipinski definition) is 2. The van der Waals surface area contributed by atoms with Crippen LogP contribution in [-0.2, 0) is 19.5 Å². The normalized spacial score (nSPS) is 21.0. The van der Waals surface area contributed by atoms with Gasteiger partial charge in [0.25, 0.3) is 5.56 Å². The van der Waals surface area contributed by atoms with Crippen LogP contribution in [-0.4, -0.2) is 47.9 Å². The van der Waals surface area contributed by atoms with E-state index in [1.54, 1.807) is 0 Å². The van der Waals surface area contributed by atoms with Crippen LogP contribution in [0.2, 0.25) is 18.1 Å². The maximum Gasteiger partial charge on any atom is 0.330 e. The van der Waals surface area contributed by atoms with Gasteiger partial charge in [0.2, 0.25) is 5.82 Å². The van der Waals surface area contributed by atoms with Gasteiger partial charge in [-0.2, -0.15) is 4.39 Å². The maximum absolute atomic E-state index is 14.3. The highest BCUT2D eigenvalue weighted by Crippen LogP contribution is 2.44. The van der Waals surface area contributed by atoms with Gasteiger partial charge in [0.15, 0.2) is 14.5 Å². The summed E-state index contributed by atoms with van der Waals surface area (Å²) in [6.07, 6.45) is -3.70. The molecule has 2 heterocycles. The third-order valence-electron chi connectivity index (χ3n) is 8.75. The highest BCUT2D eigenvalue weighted by Gasteiger charge is 2.51. The Morgan fingerprint density at radius 2 is 1.36 bits per heavy atom. The minimum absolute atomic E-state index is 0.0495. The average molecular weight is 619 g/mol. The summed E-state index contributed by atoms with van der Waals surface area (Å²) in [6, 6.07) is 29.5. The zero-order chi connectivity index (χ0) is 31.7. The molecule has 1 aliphatic rings. The fraction of sp³-hybridized carbons (Fsp3) is 0.353. The molecule has 4 atom stereocenters. The molecule has 1 saturated heterocycles. The van der Waals surface area contributed by atoms with Crippen molar-refractivity contribution in [1.29, 1.82) is 0 Å². The third kappa shape index (κ3) is 6.00. The van der Waals surface area contributed by atoms with E-state index in [9.17, 15) is 19.1 Å². The van der Waals surface area contributed by atoms with Crippen LogP contribution in [0.15, 0.2) is 107 Å². The lowest BCUT2D eigenvalue weighted by Gasteiger charge is -2.41. The van der Waals surface area contributed by atoms with E-state index in [-0.39, 0.29) is 11.6 Å². The van der Waals surface area contributed by atoms with Gasteiger partial charge in [-0.05, 0) is 34.8 Å². The minimum atomic E-state index is -2.50. The van der Waals surface area contributed by atoms with Crippen molar-refractivity contribution in [2.24, 2.45) is 0 Å². The van der Waals surface area contributed by atoms with Crippen molar-refractivity contribution < 1.29 is 23.4 Å². The van der Waals surface area contributed by atoms with Gasteiger partial charge < -0.3 is 19.0 Å². The summed E-state index contributed by atoms with van der Waals surface area (Å²) >= 11 is 0. The molecule has 1 fully saturated rings. The van der Waals surface area contributed by atoms with Crippen LogP contribution in [0.1, 0.15) is 43.7 Å². The molecule has 8 nitrogen and oxygen atoms in total. The molecule has 5 rings (SSSR count). The van der Waals surface area contributed by atoms with Crippen LogP contribution in [0.3, 0.4) is 0 Å². The predicted molar refractivity (Wildman–Crippen MR) is 168 cm³/mol. The number of aromatic amines is 1. The molecular formula is C34H39FN2O6Si. The number of nitrogens with one attached hydrogen (secondary N) is 1. The quantitative estimate of drug-likeness (QED) is 0.194. The molecule has 44 heavy (non-hydrogen) atoms. The summed E-state index contributed by atoms with van der Waals surface area (Å²) in [5, 5.41) is 11.4. The van der Waals surface area contributed by atoms with Crippen molar-refractivity contribution in [3.05, 3.63) is 141 Å². The number of aliphatic hydroxyl groups excluding tert-OH is 1. The first kappa shape index (κ1) is 31.7. The minimum Gasteiger partial charge on any atom is -0.408 e. The fourth-order valence-corrected chi connectivity index (χ4v) is 6.70. The molecule has 2 N–H and O–H groups in total. The third-order valence-corrected chi connectivity index (χ3v) is 13.2. The zero-order valence-corrected chi connectivity index (χ0v) is 26.6. The topological polar surface area (TPSA) is 103 Å². The van der Waals surface area contributed by atoms with Gasteiger partial charge >= 0.3 is 5.69 Å². The largest absolute Gasteiger partial charge is 0.408 e. The van der Waals surface area contributed by atoms with E-state index in [2.05, 4.69) is 33.9 Å². The monoisotopic (exact) mass is 618 g/mol. The van der Waals surface area contributed by atoms with Gasteiger partial charge in [0.05, 0.1) is 12.8 Å². The molecule has 1 aliphatic heterocycles. The Bertz CT molecular complexity index is 1570. The molecule has 0 unspecified atom stereocenters. The number of benzene rings is 3. The van der Waals surface area contributed by atoms with Crippen molar-refractivity contribution >= 4 is 8.32 Å². The Balaban J connectivity index is 1.60. The number of nitrogens with zero attached hydrogens (tertiary/aromatic N) is 1. The number of H-pyrrole nitrogens is 1. The van der Waals surface area contributed by atoms with Crippen LogP contribution in [0.25, 0.3) is 0 Å². The van der Waals surface area contributed by atoms with Gasteiger partial charge in [0, 0.05) is 0 Å². The maximum atomic E-state index is 14.3. The molecule has 0 spiro atoms. The first-order chi connectivity index (χ1) is 20.8. The molecule has 3 aromatic carbocycles. The van der Waals surface area contributed by atoms with Crippen LogP contribution >= 0.6 is 0 Å². The zero-order valence-electron chi connectivity index (χ0n) is 25.6. The number of aromatic nitrogens is 2. The Morgan fingerprint density at radius 3 is 1.82 bits per heavy atom. The van der Waals surface area contributed by atoms with E-state index in [1.165, 1.54) is 0 Å². The van der Waals surface area contributed by atoms with Crippen molar-refractivity contribution in [2.45, 2.75) is 69.0 Å². The van der Waals surface area contributed by atoms with Crippen LogP contribution in [0.4, 0.5) is 4.39 Å². The van der Waals surface area contributed by atoms with E-state index >= 15 is 0 Å². The summed E-state index contributed by atoms with van der Waals surface area (Å²) in [5.74, 6) is -1.17. The smallest absolute Gasteiger partial charge is 0.330 e. The summed E-state index contributed by atoms with van der Waals surface area (Å²) in [7, 11) is -2.50. The van der Waals surface area contributed by atoms with E-state index in [0.717, 1.165) is 27.5 Å². The number of aliphatic hydroxyl groups is 1. The number of hydrogen-bond acceptors (Lipinski definition) is 6. The Hall–Kier alpha value is -3.67. The van der Waals surface area contributed by atoms with Crippen LogP contribution in [0.5, 0.6) is 0 Å². The van der Waals surface area contributed by atoms with E-state index in [1.807, 2.05) is 96.0 Å². The van der Waals surface area contributed by atoms with Crippen molar-refractivity contribution in [3.63, 3.8) is 0 Å². The lowest BCUT2D eigenvalue weighted by molar-refractivity contribution is -0.0949. The van der Waals surface area contributed by atoms with Crippen molar-refractivity contribution in [3.8, 4) is 0 Å². The standard InChI is InChI=1S/C34H39FN2O6Si/c1-33(2,3)44(4,5)43-29-27(42-31(28(29)38)37-21-26(35)30(39)36-32(37)40)22-41-34(23-15-9-6-10-16-23,24-17-11-7-12-18-24)25-19-13-8-14-20-25/h6-21,27-29,31,38H,22H2,1-5H3,(H,36,39,40)/t27-,28-,29-,31-/m1/s1. The van der Waals surface area contributed by atoms with Gasteiger partial charge in [-0.15, -0.1) is 0 Å². The molecule has 0 bridgehead atoms. The van der Waals surface area contributed by atoms with Gasteiger partial charge in [-0.25, -0.2) is 4.79 Å². The molecule has 1 aromatic heterocycles. The second kappa shape index (κ2) is 12.4. The lowest BCUT2D eigenvalue weighted by Crippen LogP contribution is -2.50. The van der Waals surface area contributed by atoms with Crippen LogP contribution in [0, 0.1) is 5.82 Å². The van der Waals surface area contributed by atoms with Crippen molar-refractivity contribution in [1.82, 2.24) is 9.55 Å². The molecule has 0 amide bonds. The number of halogens is 1. The van der Waals surface area contributed by atoms with E-state index in [4.69, 9.17) is 13.9 Å². The summed E-state index contributed by atoms with van der Waals surface area (Å²) in [6.45, 7) is 10.3. The van der Waals surface area contributed by atoms with Crippen LogP contribution < -0.4 is 11.2 Å². The van der Waals surface area contributed by atoms with Crippen molar-refractivity contribution in [2.75, 3.05) is 6.61 Å². The summed E-state index contributed by atoms with van der Waals surface area (Å²) in [4.78, 5) is 26.4. The van der Waals surface area contributed by atoms with E-state index < -0.39 is 55.5 Å². The second-order valence-electron chi connectivity index (χ2n) is 12.6. The molecule has 0 aliphatic carbocycles. The molecule has 0 saturated carbocycles. The lowest BCUT2D eigenvalue weighted by atomic mass is 9.80. The summed E-state index contributed by atoms with van der Waals surface area (Å²) in [5.41, 5.74) is -0.472. The van der Waals surface area contributed by atoms with Gasteiger partial charge in [-0.3, -0.25) is 14.3 Å². The first-order valence-electron chi connectivity index (χ1n) is 14.7. The molecule has 0 radical (unpaired) electrons. The number of ether oxygens (including phenoxy) is 2. The molecule has 232 valence electrons. The summed E-state index contributed by atoms with van der Waals surface area (Å²) < 4.78 is 35.2. The molecule has 10 heteroatoms. The fourth-order valence-electron chi connectivity index (χ4n) is 5.37. The highest BCUT2D eigenvalue weighted by molar-refractivity contribution is 6.74. The SMILES string of the molecule is CC(C)(C)[Si](C)(C)O[C@H]1[C@@H](O)[C@H](n2cc(F)c(=O)[nH]c2=O)O[C@@H]1COC(c1ccccc1)(c1ccccc1)c1ccccc1. The predicted octanol–water partition coefficient (Wildman–Crippen LogP) is 5.33. The van der Waals surface area contributed by atoms with Gasteiger partial charge in [0.1, 0.15) is 23.9 Å². The highest BCUT2D eigenvalue weighted by atomic mass is 28.4. The number of rotatable bonds is 9. The van der Waals surface area contributed by atoms with Gasteiger partial charge in [-0.1, -0.05) is 112 Å². The second-order valence-corrected chi connectivity index (χ2v) is 17.4. The molecular weight excluding hydrogens is 579 g/mol. The Labute approximate surface area is 257 Å². The first-order valence-corrected chi connectivity index (χ1v) is 17.6. The van der Waals surface area contributed by atoms with E-state index in [0.29, 0.717) is 0 Å². The average Bonchev–Trinajstić information content (AvgIpc) is 3.30. The Morgan fingerprint density at radius 1 is 0.886 bits per heavy atom. The molecule has 4 aromatic rings.